The second-order valence-electron chi connectivity index (χ2n) is 9.84. The van der Waals surface area contributed by atoms with Crippen molar-refractivity contribution in [3.05, 3.63) is 20.4 Å². The van der Waals surface area contributed by atoms with Crippen LogP contribution in [0.4, 0.5) is 5.69 Å². The number of carboxylic acid groups (broad SMARTS) is 1. The fourth-order valence-corrected chi connectivity index (χ4v) is 5.38. The number of aliphatic hydroxyl groups is 5. The molecule has 1 aromatic carbocycles. The summed E-state index contributed by atoms with van der Waals surface area (Å²) in [7, 11) is 0. The van der Waals surface area contributed by atoms with Crippen LogP contribution in [0.2, 0.25) is 0 Å². The van der Waals surface area contributed by atoms with Crippen LogP contribution in [0.3, 0.4) is 0 Å². The smallest absolute Gasteiger partial charge is 0.335 e. The molecular weight excluding hydrogens is 600 g/mol. The summed E-state index contributed by atoms with van der Waals surface area (Å²) in [5, 5.41) is 65.8. The maximum absolute atomic E-state index is 12.0. The lowest BCUT2D eigenvalue weighted by molar-refractivity contribution is -0.340. The summed E-state index contributed by atoms with van der Waals surface area (Å²) in [6.45, 7) is 2.96. The van der Waals surface area contributed by atoms with Crippen LogP contribution < -0.4 is 26.2 Å². The number of hydrogen-bond acceptors (Lipinski definition) is 16. The standard InChI is InChI=1S/C25H38N2O15S/c1-3-38-20-12(15(31)17(20)33)26-5-8-43-7-4-6-39-24-13(27-10(2)29)21(14(30)11(9-28)40-24)41-25-19(35)16(32)18(34)22(42-25)23(36)37/h11,13-14,16,18-19,21-22,24-26,28,30,32,34-35H,3-9H2,1-2H3,(H,27,29)(H,36,37)/t11-,13-,14-,16+,18+,19-,21-,22+,24-,25-/m1/s1. The van der Waals surface area contributed by atoms with E-state index in [-0.39, 0.29) is 24.7 Å². The Labute approximate surface area is 249 Å². The molecule has 244 valence electrons. The number of thioether (sulfide) groups is 1. The predicted octanol–water partition coefficient (Wildman–Crippen LogP) is -3.91. The Hall–Kier alpha value is -2.39. The van der Waals surface area contributed by atoms with E-state index >= 15 is 0 Å². The van der Waals surface area contributed by atoms with Crippen molar-refractivity contribution in [2.24, 2.45) is 0 Å². The predicted molar refractivity (Wildman–Crippen MR) is 147 cm³/mol. The van der Waals surface area contributed by atoms with E-state index in [1.54, 1.807) is 6.92 Å². The number of aliphatic hydroxyl groups excluding tert-OH is 5. The van der Waals surface area contributed by atoms with Gasteiger partial charge in [-0.15, -0.1) is 0 Å². The molecule has 2 heterocycles. The van der Waals surface area contributed by atoms with Crippen LogP contribution in [0.5, 0.6) is 5.75 Å². The van der Waals surface area contributed by atoms with Gasteiger partial charge in [-0.2, -0.15) is 11.8 Å². The number of carbonyl (C=O) groups is 2. The minimum atomic E-state index is -1.97. The van der Waals surface area contributed by atoms with Crippen molar-refractivity contribution in [1.29, 1.82) is 0 Å². The summed E-state index contributed by atoms with van der Waals surface area (Å²) in [4.78, 5) is 46.6. The van der Waals surface area contributed by atoms with E-state index in [2.05, 4.69) is 10.6 Å². The van der Waals surface area contributed by atoms with Crippen LogP contribution in [0.1, 0.15) is 20.3 Å². The number of aliphatic carboxylic acids is 1. The number of hydrogen-bond donors (Lipinski definition) is 8. The first kappa shape index (κ1) is 35.1. The number of nitrogens with one attached hydrogen (secondary N) is 2. The highest BCUT2D eigenvalue weighted by Crippen LogP contribution is 2.30. The highest BCUT2D eigenvalue weighted by Gasteiger charge is 2.52. The van der Waals surface area contributed by atoms with Crippen LogP contribution in [0.15, 0.2) is 9.59 Å². The molecule has 43 heavy (non-hydrogen) atoms. The average Bonchev–Trinajstić information content (AvgIpc) is 2.97. The van der Waals surface area contributed by atoms with E-state index in [4.69, 9.17) is 23.7 Å². The quantitative estimate of drug-likeness (QED) is 0.0635. The minimum Gasteiger partial charge on any atom is -0.488 e. The summed E-state index contributed by atoms with van der Waals surface area (Å²) >= 11 is 1.52. The van der Waals surface area contributed by atoms with E-state index in [0.29, 0.717) is 24.5 Å². The lowest BCUT2D eigenvalue weighted by Crippen LogP contribution is -2.68. The third-order valence-electron chi connectivity index (χ3n) is 6.75. The van der Waals surface area contributed by atoms with Gasteiger partial charge in [-0.25, -0.2) is 4.79 Å². The third-order valence-corrected chi connectivity index (χ3v) is 7.82. The van der Waals surface area contributed by atoms with Gasteiger partial charge in [-0.1, -0.05) is 0 Å². The molecule has 0 aliphatic carbocycles. The van der Waals surface area contributed by atoms with Crippen LogP contribution in [0, 0.1) is 0 Å². The van der Waals surface area contributed by atoms with Crippen LogP contribution in [0.25, 0.3) is 0 Å². The average molecular weight is 639 g/mol. The minimum absolute atomic E-state index is 0.0423. The Morgan fingerprint density at radius 3 is 2.33 bits per heavy atom. The molecule has 0 bridgehead atoms. The van der Waals surface area contributed by atoms with Gasteiger partial charge in [0, 0.05) is 19.2 Å². The van der Waals surface area contributed by atoms with Gasteiger partial charge in [0.15, 0.2) is 24.4 Å². The maximum atomic E-state index is 12.0. The summed E-state index contributed by atoms with van der Waals surface area (Å²) in [6, 6.07) is -1.23. The Morgan fingerprint density at radius 2 is 1.70 bits per heavy atom. The van der Waals surface area contributed by atoms with E-state index in [0.717, 1.165) is 0 Å². The highest BCUT2D eigenvalue weighted by molar-refractivity contribution is 7.99. The van der Waals surface area contributed by atoms with Gasteiger partial charge in [0.05, 0.1) is 19.8 Å². The van der Waals surface area contributed by atoms with Crippen LogP contribution in [-0.2, 0) is 28.5 Å². The Kier molecular flexibility index (Phi) is 13.1. The maximum Gasteiger partial charge on any atom is 0.335 e. The lowest BCUT2D eigenvalue weighted by Gasteiger charge is -2.47. The molecule has 18 heteroatoms. The van der Waals surface area contributed by atoms with Crippen molar-refractivity contribution in [3.8, 4) is 5.75 Å². The van der Waals surface area contributed by atoms with Crippen molar-refractivity contribution in [2.75, 3.05) is 43.2 Å². The lowest BCUT2D eigenvalue weighted by atomic mass is 9.95. The topological polar surface area (TPSA) is 260 Å². The van der Waals surface area contributed by atoms with Gasteiger partial charge in [-0.05, 0) is 19.1 Å². The number of ether oxygens (including phenoxy) is 5. The molecular formula is C25H38N2O15S. The first-order valence-corrected chi connectivity index (χ1v) is 14.8. The molecule has 10 atom stereocenters. The van der Waals surface area contributed by atoms with Crippen molar-refractivity contribution >= 4 is 29.3 Å². The van der Waals surface area contributed by atoms with E-state index < -0.39 is 90.7 Å². The van der Waals surface area contributed by atoms with Gasteiger partial charge < -0.3 is 65.0 Å². The zero-order valence-corrected chi connectivity index (χ0v) is 24.3. The Bertz CT molecular complexity index is 1150. The molecule has 2 aliphatic rings. The molecule has 2 aliphatic heterocycles. The summed E-state index contributed by atoms with van der Waals surface area (Å²) in [6.07, 6.45) is -14.8. The van der Waals surface area contributed by atoms with E-state index in [1.807, 2.05) is 0 Å². The largest absolute Gasteiger partial charge is 0.488 e. The van der Waals surface area contributed by atoms with Crippen molar-refractivity contribution < 1.29 is 63.9 Å². The molecule has 1 aromatic rings. The van der Waals surface area contributed by atoms with Gasteiger partial charge in [0.1, 0.15) is 48.4 Å². The zero-order chi connectivity index (χ0) is 31.8. The zero-order valence-electron chi connectivity index (χ0n) is 23.5. The second-order valence-corrected chi connectivity index (χ2v) is 11.1. The van der Waals surface area contributed by atoms with Gasteiger partial charge in [0.2, 0.25) is 5.91 Å². The van der Waals surface area contributed by atoms with Gasteiger partial charge in [0.25, 0.3) is 10.9 Å². The van der Waals surface area contributed by atoms with Crippen LogP contribution in [-0.4, -0.2) is 142 Å². The molecule has 0 spiro atoms. The second kappa shape index (κ2) is 16.1. The monoisotopic (exact) mass is 638 g/mol. The number of carboxylic acids is 1. The van der Waals surface area contributed by atoms with E-state index in [1.165, 1.54) is 18.7 Å². The molecule has 8 N–H and O–H groups in total. The molecule has 3 rings (SSSR count). The van der Waals surface area contributed by atoms with Crippen molar-refractivity contribution in [2.45, 2.75) is 81.6 Å². The molecule has 0 unspecified atom stereocenters. The van der Waals surface area contributed by atoms with Crippen molar-refractivity contribution in [1.82, 2.24) is 5.32 Å². The summed E-state index contributed by atoms with van der Waals surface area (Å²) in [5.74, 6) is -0.976. The summed E-state index contributed by atoms with van der Waals surface area (Å²) < 4.78 is 27.4. The molecule has 1 amide bonds. The fraction of sp³-hybridized carbons (Fsp3) is 0.760. The number of anilines is 1. The molecule has 17 nitrogen and oxygen atoms in total. The van der Waals surface area contributed by atoms with Gasteiger partial charge in [-0.3, -0.25) is 14.4 Å². The number of amides is 1. The normalized spacial score (nSPS) is 32.8. The molecule has 0 radical (unpaired) electrons. The third kappa shape index (κ3) is 8.41. The number of rotatable bonds is 16. The summed E-state index contributed by atoms with van der Waals surface area (Å²) in [5.41, 5.74) is -1.10. The number of carbonyl (C=O) groups excluding carboxylic acids is 1. The van der Waals surface area contributed by atoms with E-state index in [9.17, 15) is 49.8 Å². The Balaban J connectivity index is 1.56. The SMILES string of the molecule is CCOc1c(NCCSCCCO[C@@H]2O[C@H](CO)[C@@H](O)[C@H](O[C@@H]3O[C@H](C(=O)O)[C@@H](O)[C@H](O)[C@H]3O)[C@H]2NC(C)=O)c(=O)c1=O. The first-order valence-electron chi connectivity index (χ1n) is 13.6. The van der Waals surface area contributed by atoms with Gasteiger partial charge >= 0.3 is 5.97 Å². The molecule has 0 aromatic heterocycles. The first-order chi connectivity index (χ1) is 20.4. The molecule has 2 saturated heterocycles. The fourth-order valence-electron chi connectivity index (χ4n) is 4.60. The molecule has 2 fully saturated rings. The van der Waals surface area contributed by atoms with Crippen molar-refractivity contribution in [3.63, 3.8) is 0 Å². The van der Waals surface area contributed by atoms with Crippen LogP contribution >= 0.6 is 11.8 Å². The Morgan fingerprint density at radius 1 is 0.977 bits per heavy atom. The molecule has 0 saturated carbocycles. The highest BCUT2D eigenvalue weighted by atomic mass is 32.2.